The zero-order chi connectivity index (χ0) is 16.5. The van der Waals surface area contributed by atoms with E-state index in [9.17, 15) is 9.59 Å². The van der Waals surface area contributed by atoms with Gasteiger partial charge in [0.15, 0.2) is 0 Å². The number of carbonyl (C=O) groups is 2. The Labute approximate surface area is 129 Å². The minimum Gasteiger partial charge on any atom is -0.481 e. The molecule has 0 saturated carbocycles. The van der Waals surface area contributed by atoms with Crippen LogP contribution in [0.2, 0.25) is 0 Å². The predicted octanol–water partition coefficient (Wildman–Crippen LogP) is 2.21. The third kappa shape index (κ3) is 6.41. The second-order valence-electron chi connectivity index (χ2n) is 5.20. The Bertz CT molecular complexity index is 605. The highest BCUT2D eigenvalue weighted by Gasteiger charge is 2.02. The van der Waals surface area contributed by atoms with Crippen LogP contribution in [0.15, 0.2) is 30.5 Å². The van der Waals surface area contributed by atoms with Gasteiger partial charge in [-0.25, -0.2) is 0 Å². The lowest BCUT2D eigenvalue weighted by Gasteiger charge is -2.07. The largest absolute Gasteiger partial charge is 0.481 e. The van der Waals surface area contributed by atoms with Gasteiger partial charge in [-0.1, -0.05) is 18.2 Å². The van der Waals surface area contributed by atoms with Gasteiger partial charge < -0.3 is 20.1 Å². The van der Waals surface area contributed by atoms with Crippen LogP contribution in [0.5, 0.6) is 0 Å². The van der Waals surface area contributed by atoms with Crippen molar-refractivity contribution in [2.75, 3.05) is 20.6 Å². The van der Waals surface area contributed by atoms with Crippen LogP contribution in [0.25, 0.3) is 10.9 Å². The maximum Gasteiger partial charge on any atom is 0.303 e. The molecule has 22 heavy (non-hydrogen) atoms. The van der Waals surface area contributed by atoms with Gasteiger partial charge in [-0.05, 0) is 32.1 Å². The first-order valence-corrected chi connectivity index (χ1v) is 7.03. The summed E-state index contributed by atoms with van der Waals surface area (Å²) in [7, 11) is 4.21. The molecular formula is C16H22N2O4. The molecule has 120 valence electrons. The molecule has 1 heterocycles. The molecule has 2 rings (SSSR count). The van der Waals surface area contributed by atoms with Crippen LogP contribution in [-0.4, -0.2) is 52.7 Å². The molecule has 0 aliphatic rings. The van der Waals surface area contributed by atoms with Gasteiger partial charge in [0.05, 0.1) is 12.8 Å². The van der Waals surface area contributed by atoms with E-state index >= 15 is 0 Å². The first-order valence-electron chi connectivity index (χ1n) is 7.03. The molecule has 0 aliphatic heterocycles. The fourth-order valence-electron chi connectivity index (χ4n) is 1.90. The lowest BCUT2D eigenvalue weighted by atomic mass is 10.1. The van der Waals surface area contributed by atoms with Crippen LogP contribution in [0.1, 0.15) is 18.4 Å². The van der Waals surface area contributed by atoms with Crippen LogP contribution in [0.4, 0.5) is 0 Å². The summed E-state index contributed by atoms with van der Waals surface area (Å²) in [5.41, 5.74) is 2.65. The Morgan fingerprint density at radius 1 is 1.09 bits per heavy atom. The van der Waals surface area contributed by atoms with Crippen molar-refractivity contribution in [3.8, 4) is 0 Å². The fourth-order valence-corrected chi connectivity index (χ4v) is 1.90. The molecular weight excluding hydrogens is 284 g/mol. The second kappa shape index (κ2) is 8.84. The average Bonchev–Trinajstić information content (AvgIpc) is 2.87. The SMILES string of the molecule is CN(C)CCc1c[nH]c2ccccc12.O=C(O)CCC(=O)O. The van der Waals surface area contributed by atoms with E-state index < -0.39 is 11.9 Å². The zero-order valence-electron chi connectivity index (χ0n) is 12.9. The van der Waals surface area contributed by atoms with Crippen LogP contribution in [-0.2, 0) is 16.0 Å². The summed E-state index contributed by atoms with van der Waals surface area (Å²) in [4.78, 5) is 24.8. The molecule has 1 aromatic heterocycles. The maximum absolute atomic E-state index is 9.64. The number of carboxylic acid groups (broad SMARTS) is 2. The molecule has 0 spiro atoms. The van der Waals surface area contributed by atoms with Crippen molar-refractivity contribution in [3.63, 3.8) is 0 Å². The quantitative estimate of drug-likeness (QED) is 0.760. The van der Waals surface area contributed by atoms with Crippen LogP contribution in [0.3, 0.4) is 0 Å². The van der Waals surface area contributed by atoms with Crippen molar-refractivity contribution >= 4 is 22.8 Å². The van der Waals surface area contributed by atoms with Gasteiger partial charge in [0.1, 0.15) is 0 Å². The summed E-state index contributed by atoms with van der Waals surface area (Å²) in [6.45, 7) is 1.10. The number of H-pyrrole nitrogens is 1. The van der Waals surface area contributed by atoms with E-state index in [0.29, 0.717) is 0 Å². The van der Waals surface area contributed by atoms with E-state index in [1.165, 1.54) is 16.5 Å². The normalized spacial score (nSPS) is 10.3. The number of likely N-dealkylation sites (N-methyl/N-ethyl adjacent to an activating group) is 1. The van der Waals surface area contributed by atoms with Gasteiger partial charge in [-0.3, -0.25) is 9.59 Å². The molecule has 0 aliphatic carbocycles. The molecule has 2 aromatic rings. The van der Waals surface area contributed by atoms with Gasteiger partial charge in [0.25, 0.3) is 0 Å². The molecule has 0 amide bonds. The van der Waals surface area contributed by atoms with Crippen molar-refractivity contribution in [2.45, 2.75) is 19.3 Å². The Morgan fingerprint density at radius 3 is 2.23 bits per heavy atom. The molecule has 3 N–H and O–H groups in total. The number of benzene rings is 1. The number of hydrogen-bond donors (Lipinski definition) is 3. The number of nitrogens with zero attached hydrogens (tertiary/aromatic N) is 1. The number of fused-ring (bicyclic) bond motifs is 1. The zero-order valence-corrected chi connectivity index (χ0v) is 12.9. The Kier molecular flexibility index (Phi) is 7.12. The van der Waals surface area contributed by atoms with Crippen LogP contribution < -0.4 is 0 Å². The molecule has 0 bridgehead atoms. The Balaban J connectivity index is 0.000000261. The van der Waals surface area contributed by atoms with Crippen molar-refractivity contribution in [3.05, 3.63) is 36.0 Å². The maximum atomic E-state index is 9.64. The molecule has 0 atom stereocenters. The van der Waals surface area contributed by atoms with Crippen molar-refractivity contribution in [1.29, 1.82) is 0 Å². The molecule has 6 nitrogen and oxygen atoms in total. The summed E-state index contributed by atoms with van der Waals surface area (Å²) >= 11 is 0. The first kappa shape index (κ1) is 17.7. The third-order valence-corrected chi connectivity index (χ3v) is 3.06. The molecule has 0 saturated heterocycles. The smallest absolute Gasteiger partial charge is 0.303 e. The molecule has 0 unspecified atom stereocenters. The minimum absolute atomic E-state index is 0.296. The summed E-state index contributed by atoms with van der Waals surface area (Å²) in [6.07, 6.45) is 2.63. The highest BCUT2D eigenvalue weighted by atomic mass is 16.4. The monoisotopic (exact) mass is 306 g/mol. The first-order chi connectivity index (χ1) is 10.4. The van der Waals surface area contributed by atoms with Crippen LogP contribution in [0, 0.1) is 0 Å². The number of carboxylic acids is 2. The molecule has 6 heteroatoms. The highest BCUT2D eigenvalue weighted by Crippen LogP contribution is 2.17. The van der Waals surface area contributed by atoms with E-state index in [1.807, 2.05) is 0 Å². The Hall–Kier alpha value is -2.34. The van der Waals surface area contributed by atoms with Gasteiger partial charge in [-0.2, -0.15) is 0 Å². The topological polar surface area (TPSA) is 93.6 Å². The van der Waals surface area contributed by atoms with E-state index in [2.05, 4.69) is 54.4 Å². The van der Waals surface area contributed by atoms with Gasteiger partial charge in [0, 0.05) is 23.6 Å². The minimum atomic E-state index is -1.08. The number of rotatable bonds is 6. The summed E-state index contributed by atoms with van der Waals surface area (Å²) in [6, 6.07) is 8.45. The molecule has 0 fully saturated rings. The average molecular weight is 306 g/mol. The molecule has 1 aromatic carbocycles. The van der Waals surface area contributed by atoms with Crippen molar-refractivity contribution in [1.82, 2.24) is 9.88 Å². The molecule has 0 radical (unpaired) electrons. The lowest BCUT2D eigenvalue weighted by molar-refractivity contribution is -0.143. The van der Waals surface area contributed by atoms with Gasteiger partial charge >= 0.3 is 11.9 Å². The van der Waals surface area contributed by atoms with Crippen molar-refractivity contribution in [2.24, 2.45) is 0 Å². The third-order valence-electron chi connectivity index (χ3n) is 3.06. The number of hydrogen-bond acceptors (Lipinski definition) is 3. The van der Waals surface area contributed by atoms with E-state index in [4.69, 9.17) is 10.2 Å². The van der Waals surface area contributed by atoms with E-state index in [0.717, 1.165) is 13.0 Å². The second-order valence-corrected chi connectivity index (χ2v) is 5.20. The van der Waals surface area contributed by atoms with Crippen molar-refractivity contribution < 1.29 is 19.8 Å². The van der Waals surface area contributed by atoms with E-state index in [1.54, 1.807) is 0 Å². The number of aliphatic carboxylic acids is 2. The predicted molar refractivity (Wildman–Crippen MR) is 85.1 cm³/mol. The lowest BCUT2D eigenvalue weighted by Crippen LogP contribution is -2.14. The Morgan fingerprint density at radius 2 is 1.68 bits per heavy atom. The number of aromatic nitrogens is 1. The summed E-state index contributed by atoms with van der Waals surface area (Å²) < 4.78 is 0. The number of para-hydroxylation sites is 1. The van der Waals surface area contributed by atoms with Gasteiger partial charge in [-0.15, -0.1) is 0 Å². The van der Waals surface area contributed by atoms with E-state index in [-0.39, 0.29) is 12.8 Å². The van der Waals surface area contributed by atoms with Crippen LogP contribution >= 0.6 is 0 Å². The summed E-state index contributed by atoms with van der Waals surface area (Å²) in [5.74, 6) is -2.15. The number of nitrogens with one attached hydrogen (secondary N) is 1. The highest BCUT2D eigenvalue weighted by molar-refractivity contribution is 5.83. The number of aromatic amines is 1. The van der Waals surface area contributed by atoms with Gasteiger partial charge in [0.2, 0.25) is 0 Å². The summed E-state index contributed by atoms with van der Waals surface area (Å²) in [5, 5.41) is 17.2. The fraction of sp³-hybridized carbons (Fsp3) is 0.375. The standard InChI is InChI=1S/C12H16N2.C4H6O4/c1-14(2)8-7-10-9-13-12-6-4-3-5-11(10)12;5-3(6)1-2-4(7)8/h3-6,9,13H,7-8H2,1-2H3;1-2H2,(H,5,6)(H,7,8).